The van der Waals surface area contributed by atoms with Crippen molar-refractivity contribution < 1.29 is 4.79 Å². The average Bonchev–Trinajstić information content (AvgIpc) is 2.67. The Balaban J connectivity index is 1.51. The second kappa shape index (κ2) is 6.92. The van der Waals surface area contributed by atoms with Crippen molar-refractivity contribution >= 4 is 39.8 Å². The Bertz CT molecular complexity index is 950. The monoisotopic (exact) mass is 366 g/mol. The maximum atomic E-state index is 11.4. The van der Waals surface area contributed by atoms with Gasteiger partial charge in [-0.25, -0.2) is 9.97 Å². The zero-order valence-corrected chi connectivity index (χ0v) is 15.3. The number of rotatable bonds is 3. The first kappa shape index (κ1) is 16.8. The van der Waals surface area contributed by atoms with E-state index in [9.17, 15) is 4.79 Å². The second-order valence-corrected chi connectivity index (χ2v) is 6.87. The highest BCUT2D eigenvalue weighted by Gasteiger charge is 2.20. The van der Waals surface area contributed by atoms with Crippen LogP contribution in [0.3, 0.4) is 0 Å². The summed E-state index contributed by atoms with van der Waals surface area (Å²) in [5.41, 5.74) is 2.76. The van der Waals surface area contributed by atoms with E-state index in [1.165, 1.54) is 0 Å². The molecule has 1 aliphatic rings. The van der Waals surface area contributed by atoms with E-state index < -0.39 is 0 Å². The van der Waals surface area contributed by atoms with Crippen LogP contribution in [0, 0.1) is 0 Å². The third kappa shape index (κ3) is 3.22. The maximum Gasteiger partial charge on any atom is 0.159 e. The van der Waals surface area contributed by atoms with E-state index in [1.807, 2.05) is 42.5 Å². The number of halogens is 1. The number of hydrogen-bond donors (Lipinski definition) is 0. The fourth-order valence-corrected chi connectivity index (χ4v) is 3.52. The number of hydrogen-bond acceptors (Lipinski definition) is 5. The SMILES string of the molecule is CC(=O)c1ccc(N2CCN(c3ncnc4cc(Cl)ccc34)CC2)cc1. The number of carbonyl (C=O) groups is 1. The van der Waals surface area contributed by atoms with Gasteiger partial charge in [-0.15, -0.1) is 0 Å². The number of piperazine rings is 1. The molecule has 0 amide bonds. The summed E-state index contributed by atoms with van der Waals surface area (Å²) in [4.78, 5) is 24.9. The van der Waals surface area contributed by atoms with Gasteiger partial charge in [0.1, 0.15) is 12.1 Å². The van der Waals surface area contributed by atoms with E-state index in [1.54, 1.807) is 13.3 Å². The summed E-state index contributed by atoms with van der Waals surface area (Å²) in [5, 5.41) is 1.71. The lowest BCUT2D eigenvalue weighted by Gasteiger charge is -2.37. The van der Waals surface area contributed by atoms with Gasteiger partial charge >= 0.3 is 0 Å². The highest BCUT2D eigenvalue weighted by atomic mass is 35.5. The maximum absolute atomic E-state index is 11.4. The number of Topliss-reactive ketones (excluding diaryl/α,β-unsaturated/α-hetero) is 1. The molecule has 0 spiro atoms. The molecule has 0 bridgehead atoms. The predicted molar refractivity (Wildman–Crippen MR) is 105 cm³/mol. The lowest BCUT2D eigenvalue weighted by Crippen LogP contribution is -2.46. The minimum absolute atomic E-state index is 0.0945. The Kier molecular flexibility index (Phi) is 4.47. The summed E-state index contributed by atoms with van der Waals surface area (Å²) >= 11 is 6.07. The molecular weight excluding hydrogens is 348 g/mol. The number of nitrogens with zero attached hydrogens (tertiary/aromatic N) is 4. The van der Waals surface area contributed by atoms with E-state index in [-0.39, 0.29) is 5.78 Å². The van der Waals surface area contributed by atoms with Crippen molar-refractivity contribution in [1.29, 1.82) is 0 Å². The zero-order chi connectivity index (χ0) is 18.1. The van der Waals surface area contributed by atoms with Gasteiger partial charge in [0, 0.05) is 47.8 Å². The molecule has 0 atom stereocenters. The van der Waals surface area contributed by atoms with E-state index >= 15 is 0 Å². The Morgan fingerprint density at radius 1 is 0.962 bits per heavy atom. The number of benzene rings is 2. The lowest BCUT2D eigenvalue weighted by atomic mass is 10.1. The van der Waals surface area contributed by atoms with E-state index in [0.717, 1.165) is 54.2 Å². The van der Waals surface area contributed by atoms with E-state index in [4.69, 9.17) is 11.6 Å². The molecule has 0 unspecified atom stereocenters. The van der Waals surface area contributed by atoms with Crippen LogP contribution in [0.5, 0.6) is 0 Å². The van der Waals surface area contributed by atoms with Crippen LogP contribution in [0.25, 0.3) is 10.9 Å². The first-order valence-corrected chi connectivity index (χ1v) is 9.01. The molecule has 0 saturated carbocycles. The summed E-state index contributed by atoms with van der Waals surface area (Å²) in [5.74, 6) is 1.05. The van der Waals surface area contributed by atoms with Crippen molar-refractivity contribution in [2.24, 2.45) is 0 Å². The Morgan fingerprint density at radius 2 is 1.65 bits per heavy atom. The van der Waals surface area contributed by atoms with Crippen molar-refractivity contribution in [3.63, 3.8) is 0 Å². The molecule has 5 nitrogen and oxygen atoms in total. The van der Waals surface area contributed by atoms with Gasteiger partial charge in [-0.3, -0.25) is 4.79 Å². The van der Waals surface area contributed by atoms with Gasteiger partial charge in [0.15, 0.2) is 5.78 Å². The van der Waals surface area contributed by atoms with Crippen LogP contribution < -0.4 is 9.80 Å². The van der Waals surface area contributed by atoms with Crippen molar-refractivity contribution in [1.82, 2.24) is 9.97 Å². The quantitative estimate of drug-likeness (QED) is 0.660. The van der Waals surface area contributed by atoms with Gasteiger partial charge in [0.25, 0.3) is 0 Å². The van der Waals surface area contributed by atoms with Gasteiger partial charge in [-0.05, 0) is 49.4 Å². The van der Waals surface area contributed by atoms with Crippen LogP contribution in [0.1, 0.15) is 17.3 Å². The van der Waals surface area contributed by atoms with Crippen molar-refractivity contribution in [2.75, 3.05) is 36.0 Å². The number of ketones is 1. The first-order chi connectivity index (χ1) is 12.6. The summed E-state index contributed by atoms with van der Waals surface area (Å²) in [6, 6.07) is 13.6. The van der Waals surface area contributed by atoms with Crippen LogP contribution in [-0.2, 0) is 0 Å². The molecule has 1 aliphatic heterocycles. The molecule has 2 aromatic carbocycles. The molecule has 0 N–H and O–H groups in total. The average molecular weight is 367 g/mol. The Labute approximate surface area is 157 Å². The largest absolute Gasteiger partial charge is 0.368 e. The minimum atomic E-state index is 0.0945. The van der Waals surface area contributed by atoms with Gasteiger partial charge in [-0.2, -0.15) is 0 Å². The third-order valence-corrected chi connectivity index (χ3v) is 5.03. The molecule has 1 saturated heterocycles. The summed E-state index contributed by atoms with van der Waals surface area (Å²) in [6.07, 6.45) is 1.60. The van der Waals surface area contributed by atoms with Gasteiger partial charge in [0.2, 0.25) is 0 Å². The highest BCUT2D eigenvalue weighted by molar-refractivity contribution is 6.31. The molecule has 26 heavy (non-hydrogen) atoms. The zero-order valence-electron chi connectivity index (χ0n) is 14.5. The number of fused-ring (bicyclic) bond motifs is 1. The van der Waals surface area contributed by atoms with Crippen molar-refractivity contribution in [3.8, 4) is 0 Å². The summed E-state index contributed by atoms with van der Waals surface area (Å²) in [6.45, 7) is 5.15. The molecule has 0 radical (unpaired) electrons. The Hall–Kier alpha value is -2.66. The molecule has 4 rings (SSSR count). The smallest absolute Gasteiger partial charge is 0.159 e. The molecule has 132 valence electrons. The molecule has 0 aliphatic carbocycles. The first-order valence-electron chi connectivity index (χ1n) is 8.63. The van der Waals surface area contributed by atoms with Gasteiger partial charge in [-0.1, -0.05) is 11.6 Å². The standard InChI is InChI=1S/C20H19ClN4O/c1-14(26)15-2-5-17(6-3-15)24-8-10-25(11-9-24)20-18-7-4-16(21)12-19(18)22-13-23-20/h2-7,12-13H,8-11H2,1H3. The molecule has 1 fully saturated rings. The minimum Gasteiger partial charge on any atom is -0.368 e. The summed E-state index contributed by atoms with van der Waals surface area (Å²) < 4.78 is 0. The highest BCUT2D eigenvalue weighted by Crippen LogP contribution is 2.27. The third-order valence-electron chi connectivity index (χ3n) is 4.80. The van der Waals surface area contributed by atoms with E-state index in [0.29, 0.717) is 5.02 Å². The number of aromatic nitrogens is 2. The molecular formula is C20H19ClN4O. The Morgan fingerprint density at radius 3 is 2.35 bits per heavy atom. The van der Waals surface area contributed by atoms with Crippen LogP contribution in [0.15, 0.2) is 48.8 Å². The molecule has 6 heteroatoms. The van der Waals surface area contributed by atoms with Gasteiger partial charge < -0.3 is 9.80 Å². The fourth-order valence-electron chi connectivity index (χ4n) is 3.35. The van der Waals surface area contributed by atoms with Crippen LogP contribution in [0.2, 0.25) is 5.02 Å². The van der Waals surface area contributed by atoms with Gasteiger partial charge in [0.05, 0.1) is 5.52 Å². The fraction of sp³-hybridized carbons (Fsp3) is 0.250. The number of anilines is 2. The summed E-state index contributed by atoms with van der Waals surface area (Å²) in [7, 11) is 0. The molecule has 1 aromatic heterocycles. The van der Waals surface area contributed by atoms with Crippen LogP contribution >= 0.6 is 11.6 Å². The normalized spacial score (nSPS) is 14.7. The molecule has 3 aromatic rings. The predicted octanol–water partition coefficient (Wildman–Crippen LogP) is 3.81. The second-order valence-electron chi connectivity index (χ2n) is 6.44. The van der Waals surface area contributed by atoms with Crippen LogP contribution in [-0.4, -0.2) is 41.9 Å². The topological polar surface area (TPSA) is 49.3 Å². The van der Waals surface area contributed by atoms with Crippen LogP contribution in [0.4, 0.5) is 11.5 Å². The molecule has 2 heterocycles. The van der Waals surface area contributed by atoms with E-state index in [2.05, 4.69) is 19.8 Å². The van der Waals surface area contributed by atoms with Crippen molar-refractivity contribution in [2.45, 2.75) is 6.92 Å². The van der Waals surface area contributed by atoms with Crippen molar-refractivity contribution in [3.05, 3.63) is 59.4 Å². The number of carbonyl (C=O) groups excluding carboxylic acids is 1. The lowest BCUT2D eigenvalue weighted by molar-refractivity contribution is 0.101.